The number of hydrogen-bond donors (Lipinski definition) is 2. The first-order valence-corrected chi connectivity index (χ1v) is 10.2. The number of nitrogens with one attached hydrogen (secondary N) is 2. The number of nitrogens with zero attached hydrogens (tertiary/aromatic N) is 2. The third-order valence-corrected chi connectivity index (χ3v) is 7.05. The number of carbonyl (C=O) groups is 2. The van der Waals surface area contributed by atoms with Crippen molar-refractivity contribution < 1.29 is 14.0 Å². The molecule has 27 heavy (non-hydrogen) atoms. The summed E-state index contributed by atoms with van der Waals surface area (Å²) in [4.78, 5) is 26.6. The third kappa shape index (κ3) is 3.96. The Morgan fingerprint density at radius 2 is 1.89 bits per heavy atom. The van der Waals surface area contributed by atoms with E-state index in [4.69, 9.17) is 5.26 Å². The number of carbonyl (C=O) groups excluding carboxylic acids is 2. The summed E-state index contributed by atoms with van der Waals surface area (Å²) in [7, 11) is 0. The SMILES string of the molecule is CC[C@@H](C)NC(=O)C12CCC(NCC(=O)N3C[C@@H](F)C[C@H]3C#N)(CC1)CC2. The molecule has 4 rings (SSSR count). The van der Waals surface area contributed by atoms with Gasteiger partial charge in [0.05, 0.1) is 19.2 Å². The fraction of sp³-hybridized carbons (Fsp3) is 0.850. The minimum absolute atomic E-state index is 0.0185. The largest absolute Gasteiger partial charge is 0.353 e. The standard InChI is InChI=1S/C20H31FN4O2/c1-3-14(2)24-18(27)19-4-7-20(8-5-19,9-6-19)23-12-17(26)25-13-15(21)10-16(25)11-22/h14-16,23H,3-10,12-13H2,1-2H3,(H,24,27)/t14-,15+,16+,19?,20?/m1/s1. The normalized spacial score (nSPS) is 36.3. The number of amides is 2. The van der Waals surface area contributed by atoms with Gasteiger partial charge in [0.25, 0.3) is 0 Å². The Bertz CT molecular complexity index is 607. The number of halogens is 1. The fourth-order valence-electron chi connectivity index (χ4n) is 4.82. The van der Waals surface area contributed by atoms with Gasteiger partial charge in [-0.3, -0.25) is 9.59 Å². The molecule has 3 aliphatic carbocycles. The van der Waals surface area contributed by atoms with E-state index >= 15 is 0 Å². The number of rotatable bonds is 6. The third-order valence-electron chi connectivity index (χ3n) is 7.05. The molecule has 0 radical (unpaired) electrons. The van der Waals surface area contributed by atoms with Crippen molar-refractivity contribution in [3.05, 3.63) is 0 Å². The van der Waals surface area contributed by atoms with E-state index < -0.39 is 12.2 Å². The second-order valence-corrected chi connectivity index (χ2v) is 8.72. The Kier molecular flexibility index (Phi) is 5.76. The van der Waals surface area contributed by atoms with Crippen LogP contribution in [0.25, 0.3) is 0 Å². The van der Waals surface area contributed by atoms with Crippen LogP contribution < -0.4 is 10.6 Å². The van der Waals surface area contributed by atoms with Gasteiger partial charge in [-0.1, -0.05) is 6.92 Å². The molecule has 150 valence electrons. The van der Waals surface area contributed by atoms with E-state index in [1.165, 1.54) is 4.90 Å². The van der Waals surface area contributed by atoms with E-state index in [-0.39, 0.29) is 48.3 Å². The van der Waals surface area contributed by atoms with Gasteiger partial charge in [0.2, 0.25) is 11.8 Å². The van der Waals surface area contributed by atoms with Gasteiger partial charge >= 0.3 is 0 Å². The van der Waals surface area contributed by atoms with E-state index in [0.29, 0.717) is 0 Å². The van der Waals surface area contributed by atoms with Gasteiger partial charge in [0, 0.05) is 23.4 Å². The smallest absolute Gasteiger partial charge is 0.237 e. The predicted octanol–water partition coefficient (Wildman–Crippen LogP) is 2.05. The maximum Gasteiger partial charge on any atom is 0.237 e. The molecule has 0 unspecified atom stereocenters. The molecule has 4 aliphatic rings. The van der Waals surface area contributed by atoms with Crippen molar-refractivity contribution in [1.29, 1.82) is 5.26 Å². The summed E-state index contributed by atoms with van der Waals surface area (Å²) in [6.07, 6.45) is 5.08. The average molecular weight is 378 g/mol. The molecule has 2 amide bonds. The molecule has 7 heteroatoms. The maximum atomic E-state index is 13.5. The Hall–Kier alpha value is -1.68. The molecule has 3 atom stereocenters. The molecule has 6 nitrogen and oxygen atoms in total. The zero-order valence-corrected chi connectivity index (χ0v) is 16.4. The molecule has 1 heterocycles. The topological polar surface area (TPSA) is 85.2 Å². The fourth-order valence-corrected chi connectivity index (χ4v) is 4.82. The summed E-state index contributed by atoms with van der Waals surface area (Å²) >= 11 is 0. The summed E-state index contributed by atoms with van der Waals surface area (Å²) in [6.45, 7) is 4.26. The summed E-state index contributed by atoms with van der Waals surface area (Å²) in [6, 6.07) is 1.57. The van der Waals surface area contributed by atoms with Crippen LogP contribution in [0, 0.1) is 16.7 Å². The molecule has 3 saturated carbocycles. The lowest BCUT2D eigenvalue weighted by molar-refractivity contribution is -0.140. The first-order valence-electron chi connectivity index (χ1n) is 10.2. The monoisotopic (exact) mass is 378 g/mol. The molecule has 0 aromatic carbocycles. The number of fused-ring (bicyclic) bond motifs is 3. The van der Waals surface area contributed by atoms with Crippen LogP contribution >= 0.6 is 0 Å². The number of nitriles is 1. The van der Waals surface area contributed by atoms with Gasteiger partial charge in [-0.25, -0.2) is 4.39 Å². The predicted molar refractivity (Wildman–Crippen MR) is 99.4 cm³/mol. The Morgan fingerprint density at radius 1 is 1.26 bits per heavy atom. The zero-order chi connectivity index (χ0) is 19.7. The number of hydrogen-bond acceptors (Lipinski definition) is 4. The Labute approximate surface area is 160 Å². The molecule has 2 bridgehead atoms. The van der Waals surface area contributed by atoms with E-state index in [1.807, 2.05) is 13.0 Å². The van der Waals surface area contributed by atoms with Crippen molar-refractivity contribution in [3.8, 4) is 6.07 Å². The van der Waals surface area contributed by atoms with Crippen LogP contribution in [0.4, 0.5) is 4.39 Å². The first kappa shape index (κ1) is 20.1. The van der Waals surface area contributed by atoms with Gasteiger partial charge in [-0.05, 0) is 51.9 Å². The molecule has 0 aromatic rings. The molecule has 0 spiro atoms. The van der Waals surface area contributed by atoms with Gasteiger partial charge in [0.1, 0.15) is 12.2 Å². The van der Waals surface area contributed by atoms with E-state index in [9.17, 15) is 14.0 Å². The molecule has 2 N–H and O–H groups in total. The minimum Gasteiger partial charge on any atom is -0.353 e. The van der Waals surface area contributed by atoms with Crippen LogP contribution in [-0.4, -0.2) is 53.6 Å². The summed E-state index contributed by atoms with van der Waals surface area (Å²) in [5, 5.41) is 15.7. The highest BCUT2D eigenvalue weighted by Gasteiger charge is 2.52. The second-order valence-electron chi connectivity index (χ2n) is 8.72. The van der Waals surface area contributed by atoms with Crippen molar-refractivity contribution in [2.24, 2.45) is 5.41 Å². The Balaban J connectivity index is 1.53. The number of alkyl halides is 1. The Morgan fingerprint density at radius 3 is 2.44 bits per heavy atom. The molecule has 4 fully saturated rings. The van der Waals surface area contributed by atoms with Gasteiger partial charge in [-0.15, -0.1) is 0 Å². The van der Waals surface area contributed by atoms with Crippen LogP contribution in [0.1, 0.15) is 65.2 Å². The zero-order valence-electron chi connectivity index (χ0n) is 16.4. The van der Waals surface area contributed by atoms with E-state index in [2.05, 4.69) is 17.6 Å². The van der Waals surface area contributed by atoms with Gasteiger partial charge in [-0.2, -0.15) is 5.26 Å². The average Bonchev–Trinajstić information content (AvgIpc) is 3.08. The molecular weight excluding hydrogens is 347 g/mol. The van der Waals surface area contributed by atoms with Crippen molar-refractivity contribution in [2.45, 2.75) is 89.0 Å². The van der Waals surface area contributed by atoms with Crippen LogP contribution in [0.5, 0.6) is 0 Å². The second kappa shape index (κ2) is 7.75. The van der Waals surface area contributed by atoms with E-state index in [1.54, 1.807) is 0 Å². The first-order chi connectivity index (χ1) is 12.8. The lowest BCUT2D eigenvalue weighted by Crippen LogP contribution is -2.60. The van der Waals surface area contributed by atoms with Gasteiger partial charge in [0.15, 0.2) is 0 Å². The van der Waals surface area contributed by atoms with Gasteiger partial charge < -0.3 is 15.5 Å². The van der Waals surface area contributed by atoms with Crippen molar-refractivity contribution in [3.63, 3.8) is 0 Å². The molecule has 1 saturated heterocycles. The summed E-state index contributed by atoms with van der Waals surface area (Å²) in [5.41, 5.74) is -0.357. The van der Waals surface area contributed by atoms with Crippen LogP contribution in [0.2, 0.25) is 0 Å². The highest BCUT2D eigenvalue weighted by atomic mass is 19.1. The van der Waals surface area contributed by atoms with Crippen molar-refractivity contribution in [1.82, 2.24) is 15.5 Å². The molecule has 1 aliphatic heterocycles. The number of likely N-dealkylation sites (tertiary alicyclic amines) is 1. The highest BCUT2D eigenvalue weighted by molar-refractivity contribution is 5.83. The lowest BCUT2D eigenvalue weighted by atomic mass is 9.57. The molecule has 0 aromatic heterocycles. The quantitative estimate of drug-likeness (QED) is 0.741. The van der Waals surface area contributed by atoms with Crippen LogP contribution in [0.3, 0.4) is 0 Å². The molecular formula is C20H31FN4O2. The van der Waals surface area contributed by atoms with Crippen LogP contribution in [-0.2, 0) is 9.59 Å². The minimum atomic E-state index is -1.11. The summed E-state index contributed by atoms with van der Waals surface area (Å²) in [5.74, 6) is -0.0165. The van der Waals surface area contributed by atoms with Crippen molar-refractivity contribution >= 4 is 11.8 Å². The van der Waals surface area contributed by atoms with Crippen molar-refractivity contribution in [2.75, 3.05) is 13.1 Å². The highest BCUT2D eigenvalue weighted by Crippen LogP contribution is 2.52. The van der Waals surface area contributed by atoms with E-state index in [0.717, 1.165) is 44.9 Å². The van der Waals surface area contributed by atoms with Crippen LogP contribution in [0.15, 0.2) is 0 Å². The summed E-state index contributed by atoms with van der Waals surface area (Å²) < 4.78 is 13.5. The maximum absolute atomic E-state index is 13.5. The lowest BCUT2D eigenvalue weighted by Gasteiger charge is -2.53.